The Morgan fingerprint density at radius 1 is 1.24 bits per heavy atom. The topological polar surface area (TPSA) is 54.7 Å². The van der Waals surface area contributed by atoms with E-state index in [0.29, 0.717) is 12.5 Å². The first-order chi connectivity index (χ1) is 8.11. The maximum Gasteiger partial charge on any atom is 0.103 e. The molecule has 2 aromatic rings. The molecule has 0 radical (unpaired) electrons. The summed E-state index contributed by atoms with van der Waals surface area (Å²) in [5.41, 5.74) is 10.1. The Hall–Kier alpha value is -1.61. The third-order valence-corrected chi connectivity index (χ3v) is 2.89. The number of aromatic nitrogens is 2. The molecule has 0 fully saturated rings. The number of nitrogens with zero attached hydrogens (tertiary/aromatic N) is 1. The number of benzene rings is 1. The Morgan fingerprint density at radius 2 is 1.88 bits per heavy atom. The zero-order valence-electron chi connectivity index (χ0n) is 10.6. The van der Waals surface area contributed by atoms with Gasteiger partial charge in [0, 0.05) is 17.8 Å². The summed E-state index contributed by atoms with van der Waals surface area (Å²) in [5.74, 6) is 1.41. The lowest BCUT2D eigenvalue weighted by atomic mass is 10.0. The minimum atomic E-state index is 0.445. The molecule has 0 unspecified atom stereocenters. The number of nitrogens with one attached hydrogen (secondary N) is 1. The summed E-state index contributed by atoms with van der Waals surface area (Å²) >= 11 is 0. The first-order valence-electron chi connectivity index (χ1n) is 5.97. The van der Waals surface area contributed by atoms with Crippen LogP contribution in [0.5, 0.6) is 0 Å². The molecule has 0 aliphatic heterocycles. The van der Waals surface area contributed by atoms with Gasteiger partial charge in [-0.05, 0) is 18.4 Å². The summed E-state index contributed by atoms with van der Waals surface area (Å²) < 4.78 is 0. The molecule has 90 valence electrons. The monoisotopic (exact) mass is 229 g/mol. The first kappa shape index (κ1) is 11.9. The maximum absolute atomic E-state index is 5.60. The van der Waals surface area contributed by atoms with E-state index in [4.69, 9.17) is 5.73 Å². The van der Waals surface area contributed by atoms with Gasteiger partial charge in [-0.1, -0.05) is 38.1 Å². The highest BCUT2D eigenvalue weighted by atomic mass is 14.9. The van der Waals surface area contributed by atoms with Crippen LogP contribution in [0.25, 0.3) is 11.3 Å². The van der Waals surface area contributed by atoms with Crippen molar-refractivity contribution in [3.8, 4) is 11.3 Å². The van der Waals surface area contributed by atoms with E-state index in [9.17, 15) is 0 Å². The van der Waals surface area contributed by atoms with Crippen LogP contribution < -0.4 is 5.73 Å². The van der Waals surface area contributed by atoms with E-state index >= 15 is 0 Å². The first-order valence-corrected chi connectivity index (χ1v) is 5.97. The lowest BCUT2D eigenvalue weighted by Crippen LogP contribution is -1.96. The van der Waals surface area contributed by atoms with Crippen molar-refractivity contribution in [3.63, 3.8) is 0 Å². The molecule has 3 N–H and O–H groups in total. The number of H-pyrrole nitrogens is 1. The number of aromatic amines is 1. The maximum atomic E-state index is 5.60. The summed E-state index contributed by atoms with van der Waals surface area (Å²) in [5, 5.41) is 0. The van der Waals surface area contributed by atoms with E-state index in [1.165, 1.54) is 5.69 Å². The van der Waals surface area contributed by atoms with Crippen LogP contribution in [0.1, 0.15) is 36.8 Å². The molecule has 0 aliphatic carbocycles. The Morgan fingerprint density at radius 3 is 2.41 bits per heavy atom. The van der Waals surface area contributed by atoms with Gasteiger partial charge >= 0.3 is 0 Å². The van der Waals surface area contributed by atoms with Crippen molar-refractivity contribution in [2.75, 3.05) is 0 Å². The predicted octanol–water partition coefficient (Wildman–Crippen LogP) is 2.97. The Labute approximate surface area is 102 Å². The summed E-state index contributed by atoms with van der Waals surface area (Å²) in [4.78, 5) is 7.91. The van der Waals surface area contributed by atoms with Gasteiger partial charge in [-0.25, -0.2) is 4.98 Å². The molecule has 0 bridgehead atoms. The van der Waals surface area contributed by atoms with Gasteiger partial charge in [0.05, 0.1) is 5.69 Å². The van der Waals surface area contributed by atoms with Crippen LogP contribution >= 0.6 is 0 Å². The molecule has 0 spiro atoms. The van der Waals surface area contributed by atoms with E-state index in [-0.39, 0.29) is 0 Å². The molecule has 3 nitrogen and oxygen atoms in total. The third kappa shape index (κ3) is 2.39. The van der Waals surface area contributed by atoms with Crippen molar-refractivity contribution in [3.05, 3.63) is 41.3 Å². The van der Waals surface area contributed by atoms with E-state index in [2.05, 4.69) is 48.1 Å². The Kier molecular flexibility index (Phi) is 3.29. The largest absolute Gasteiger partial charge is 0.345 e. The molecule has 0 amide bonds. The molecule has 3 heteroatoms. The molecule has 2 rings (SSSR count). The Balaban J connectivity index is 2.44. The average molecular weight is 229 g/mol. The third-order valence-electron chi connectivity index (χ3n) is 2.89. The molecule has 1 heterocycles. The normalized spacial score (nSPS) is 11.1. The molecule has 0 aliphatic rings. The lowest BCUT2D eigenvalue weighted by Gasteiger charge is -2.06. The fourth-order valence-electron chi connectivity index (χ4n) is 1.95. The molecule has 0 saturated carbocycles. The second-order valence-electron chi connectivity index (χ2n) is 4.64. The van der Waals surface area contributed by atoms with Gasteiger partial charge in [0.15, 0.2) is 0 Å². The Bertz CT molecular complexity index is 495. The van der Waals surface area contributed by atoms with Gasteiger partial charge in [-0.2, -0.15) is 0 Å². The van der Waals surface area contributed by atoms with Gasteiger partial charge in [-0.15, -0.1) is 0 Å². The van der Waals surface area contributed by atoms with E-state index < -0.39 is 0 Å². The average Bonchev–Trinajstić information content (AvgIpc) is 2.72. The fourth-order valence-corrected chi connectivity index (χ4v) is 1.95. The van der Waals surface area contributed by atoms with Gasteiger partial charge < -0.3 is 10.7 Å². The van der Waals surface area contributed by atoms with Crippen molar-refractivity contribution in [2.45, 2.75) is 33.2 Å². The fraction of sp³-hybridized carbons (Fsp3) is 0.357. The minimum Gasteiger partial charge on any atom is -0.345 e. The minimum absolute atomic E-state index is 0.445. The second kappa shape index (κ2) is 4.72. The van der Waals surface area contributed by atoms with Gasteiger partial charge in [0.1, 0.15) is 5.82 Å². The van der Waals surface area contributed by atoms with E-state index in [1.54, 1.807) is 0 Å². The van der Waals surface area contributed by atoms with Crippen molar-refractivity contribution in [1.29, 1.82) is 0 Å². The predicted molar refractivity (Wildman–Crippen MR) is 70.7 cm³/mol. The molecule has 1 aromatic carbocycles. The zero-order chi connectivity index (χ0) is 12.4. The molecule has 0 atom stereocenters. The van der Waals surface area contributed by atoms with Crippen LogP contribution in [0.3, 0.4) is 0 Å². The molecule has 0 saturated heterocycles. The van der Waals surface area contributed by atoms with Gasteiger partial charge in [-0.3, -0.25) is 0 Å². The number of imidazole rings is 1. The summed E-state index contributed by atoms with van der Waals surface area (Å²) in [7, 11) is 0. The highest BCUT2D eigenvalue weighted by molar-refractivity contribution is 5.63. The standard InChI is InChI=1S/C14H19N3/c1-9(2)13-14(17-10(3)16-13)12-6-4-11(8-15)5-7-12/h4-7,9H,8,15H2,1-3H3,(H,16,17). The van der Waals surface area contributed by atoms with Crippen LogP contribution in [0.2, 0.25) is 0 Å². The highest BCUT2D eigenvalue weighted by Gasteiger charge is 2.13. The zero-order valence-corrected chi connectivity index (χ0v) is 10.6. The van der Waals surface area contributed by atoms with Crippen molar-refractivity contribution in [2.24, 2.45) is 5.73 Å². The number of aryl methyl sites for hydroxylation is 1. The molecule has 1 aromatic heterocycles. The van der Waals surface area contributed by atoms with Gasteiger partial charge in [0.2, 0.25) is 0 Å². The molecule has 17 heavy (non-hydrogen) atoms. The van der Waals surface area contributed by atoms with Crippen molar-refractivity contribution >= 4 is 0 Å². The van der Waals surface area contributed by atoms with Crippen LogP contribution in [-0.2, 0) is 6.54 Å². The van der Waals surface area contributed by atoms with E-state index in [1.807, 2.05) is 6.92 Å². The number of hydrogen-bond donors (Lipinski definition) is 2. The van der Waals surface area contributed by atoms with Gasteiger partial charge in [0.25, 0.3) is 0 Å². The summed E-state index contributed by atoms with van der Waals surface area (Å²) in [6.07, 6.45) is 0. The number of nitrogens with two attached hydrogens (primary N) is 1. The lowest BCUT2D eigenvalue weighted by molar-refractivity contribution is 0.831. The second-order valence-corrected chi connectivity index (χ2v) is 4.64. The summed E-state index contributed by atoms with van der Waals surface area (Å²) in [6, 6.07) is 8.29. The summed E-state index contributed by atoms with van der Waals surface area (Å²) in [6.45, 7) is 6.91. The van der Waals surface area contributed by atoms with Crippen molar-refractivity contribution < 1.29 is 0 Å². The van der Waals surface area contributed by atoms with Crippen LogP contribution in [0.15, 0.2) is 24.3 Å². The number of rotatable bonds is 3. The quantitative estimate of drug-likeness (QED) is 0.850. The SMILES string of the molecule is Cc1nc(-c2ccc(CN)cc2)c(C(C)C)[nH]1. The molecular formula is C14H19N3. The van der Waals surface area contributed by atoms with Crippen LogP contribution in [0, 0.1) is 6.92 Å². The van der Waals surface area contributed by atoms with Crippen LogP contribution in [-0.4, -0.2) is 9.97 Å². The smallest absolute Gasteiger partial charge is 0.103 e. The molecular weight excluding hydrogens is 210 g/mol. The van der Waals surface area contributed by atoms with Crippen LogP contribution in [0.4, 0.5) is 0 Å². The van der Waals surface area contributed by atoms with E-state index in [0.717, 1.165) is 22.6 Å². The van der Waals surface area contributed by atoms with Crippen molar-refractivity contribution in [1.82, 2.24) is 9.97 Å². The number of hydrogen-bond acceptors (Lipinski definition) is 2. The highest BCUT2D eigenvalue weighted by Crippen LogP contribution is 2.27.